The molecule has 1 heterocycles. The molecule has 0 amide bonds. The van der Waals surface area contributed by atoms with E-state index >= 15 is 0 Å². The number of benzene rings is 2. The van der Waals surface area contributed by atoms with Crippen LogP contribution in [0.3, 0.4) is 0 Å². The molecule has 0 unspecified atom stereocenters. The lowest BCUT2D eigenvalue weighted by atomic mass is 10.1. The number of aromatic nitrogens is 1. The lowest BCUT2D eigenvalue weighted by molar-refractivity contribution is 0.112. The van der Waals surface area contributed by atoms with Gasteiger partial charge in [0.05, 0.1) is 11.2 Å². The van der Waals surface area contributed by atoms with E-state index in [4.69, 9.17) is 0 Å². The SMILES string of the molecule is O=Cc1cccc(-c2ccc3ccccc3n2)c1. The largest absolute Gasteiger partial charge is 0.298 e. The molecular weight excluding hydrogens is 222 g/mol. The molecule has 0 aliphatic heterocycles. The Morgan fingerprint density at radius 2 is 1.78 bits per heavy atom. The molecule has 0 spiro atoms. The number of carbonyl (C=O) groups is 1. The van der Waals surface area contributed by atoms with Gasteiger partial charge in [0, 0.05) is 16.5 Å². The fourth-order valence-electron chi connectivity index (χ4n) is 2.00. The first-order valence-corrected chi connectivity index (χ1v) is 5.78. The Kier molecular flexibility index (Phi) is 2.61. The highest BCUT2D eigenvalue weighted by Gasteiger charge is 2.01. The van der Waals surface area contributed by atoms with Gasteiger partial charge in [0.25, 0.3) is 0 Å². The number of fused-ring (bicyclic) bond motifs is 1. The summed E-state index contributed by atoms with van der Waals surface area (Å²) in [5, 5.41) is 1.12. The molecule has 0 radical (unpaired) electrons. The zero-order chi connectivity index (χ0) is 12.4. The van der Waals surface area contributed by atoms with Crippen LogP contribution in [0.25, 0.3) is 22.2 Å². The Hall–Kier alpha value is -2.48. The van der Waals surface area contributed by atoms with Crippen LogP contribution in [0, 0.1) is 0 Å². The topological polar surface area (TPSA) is 30.0 Å². The van der Waals surface area contributed by atoms with Gasteiger partial charge in [-0.2, -0.15) is 0 Å². The average molecular weight is 233 g/mol. The van der Waals surface area contributed by atoms with Crippen LogP contribution in [0.2, 0.25) is 0 Å². The van der Waals surface area contributed by atoms with Gasteiger partial charge in [-0.15, -0.1) is 0 Å². The Bertz CT molecular complexity index is 719. The summed E-state index contributed by atoms with van der Waals surface area (Å²) in [7, 11) is 0. The average Bonchev–Trinajstić information content (AvgIpc) is 2.47. The van der Waals surface area contributed by atoms with Gasteiger partial charge >= 0.3 is 0 Å². The molecule has 86 valence electrons. The van der Waals surface area contributed by atoms with E-state index < -0.39 is 0 Å². The van der Waals surface area contributed by atoms with Crippen molar-refractivity contribution in [3.8, 4) is 11.3 Å². The maximum Gasteiger partial charge on any atom is 0.150 e. The fraction of sp³-hybridized carbons (Fsp3) is 0. The van der Waals surface area contributed by atoms with Gasteiger partial charge in [-0.3, -0.25) is 4.79 Å². The Labute approximate surface area is 105 Å². The third-order valence-corrected chi connectivity index (χ3v) is 2.92. The van der Waals surface area contributed by atoms with Gasteiger partial charge < -0.3 is 0 Å². The second-order valence-electron chi connectivity index (χ2n) is 4.13. The first kappa shape index (κ1) is 10.7. The van der Waals surface area contributed by atoms with Crippen molar-refractivity contribution in [1.29, 1.82) is 0 Å². The predicted octanol–water partition coefficient (Wildman–Crippen LogP) is 3.71. The number of aldehydes is 1. The number of para-hydroxylation sites is 1. The number of hydrogen-bond donors (Lipinski definition) is 0. The molecule has 2 aromatic carbocycles. The molecule has 3 aromatic rings. The normalized spacial score (nSPS) is 10.4. The van der Waals surface area contributed by atoms with Crippen molar-refractivity contribution >= 4 is 17.2 Å². The molecule has 2 heteroatoms. The van der Waals surface area contributed by atoms with E-state index in [9.17, 15) is 4.79 Å². The summed E-state index contributed by atoms with van der Waals surface area (Å²) in [4.78, 5) is 15.4. The predicted molar refractivity (Wildman–Crippen MR) is 72.6 cm³/mol. The maximum absolute atomic E-state index is 10.8. The Morgan fingerprint density at radius 3 is 2.67 bits per heavy atom. The van der Waals surface area contributed by atoms with Crippen molar-refractivity contribution in [1.82, 2.24) is 4.98 Å². The van der Waals surface area contributed by atoms with Crippen LogP contribution < -0.4 is 0 Å². The molecule has 0 saturated heterocycles. The minimum absolute atomic E-state index is 0.669. The third kappa shape index (κ3) is 1.89. The highest BCUT2D eigenvalue weighted by atomic mass is 16.1. The molecular formula is C16H11NO. The third-order valence-electron chi connectivity index (χ3n) is 2.92. The molecule has 0 fully saturated rings. The summed E-state index contributed by atoms with van der Waals surface area (Å²) in [6.07, 6.45) is 0.852. The smallest absolute Gasteiger partial charge is 0.150 e. The van der Waals surface area contributed by atoms with Gasteiger partial charge in [0.2, 0.25) is 0 Å². The van der Waals surface area contributed by atoms with Gasteiger partial charge in [-0.1, -0.05) is 42.5 Å². The molecule has 0 aliphatic rings. The molecule has 0 aliphatic carbocycles. The van der Waals surface area contributed by atoms with E-state index in [1.165, 1.54) is 0 Å². The van der Waals surface area contributed by atoms with Crippen LogP contribution >= 0.6 is 0 Å². The van der Waals surface area contributed by atoms with Crippen molar-refractivity contribution in [2.75, 3.05) is 0 Å². The summed E-state index contributed by atoms with van der Waals surface area (Å²) < 4.78 is 0. The van der Waals surface area contributed by atoms with Crippen LogP contribution in [-0.2, 0) is 0 Å². The van der Waals surface area contributed by atoms with Gasteiger partial charge in [0.15, 0.2) is 0 Å². The summed E-state index contributed by atoms with van der Waals surface area (Å²) in [6.45, 7) is 0. The van der Waals surface area contributed by atoms with E-state index in [-0.39, 0.29) is 0 Å². The molecule has 0 saturated carbocycles. The minimum atomic E-state index is 0.669. The minimum Gasteiger partial charge on any atom is -0.298 e. The second kappa shape index (κ2) is 4.41. The Balaban J connectivity index is 2.15. The van der Waals surface area contributed by atoms with Crippen molar-refractivity contribution in [2.45, 2.75) is 0 Å². The lowest BCUT2D eigenvalue weighted by Crippen LogP contribution is -1.87. The van der Waals surface area contributed by atoms with Crippen LogP contribution in [0.5, 0.6) is 0 Å². The zero-order valence-corrected chi connectivity index (χ0v) is 9.71. The molecule has 0 N–H and O–H groups in total. The molecule has 0 atom stereocenters. The van der Waals surface area contributed by atoms with Crippen LogP contribution in [0.1, 0.15) is 10.4 Å². The standard InChI is InChI=1S/C16H11NO/c18-11-12-4-3-6-14(10-12)16-9-8-13-5-1-2-7-15(13)17-16/h1-11H. The van der Waals surface area contributed by atoms with Crippen molar-refractivity contribution in [3.63, 3.8) is 0 Å². The van der Waals surface area contributed by atoms with Crippen molar-refractivity contribution < 1.29 is 4.79 Å². The van der Waals surface area contributed by atoms with Gasteiger partial charge in [-0.05, 0) is 18.2 Å². The van der Waals surface area contributed by atoms with E-state index in [1.54, 1.807) is 6.07 Å². The number of nitrogens with zero attached hydrogens (tertiary/aromatic N) is 1. The van der Waals surface area contributed by atoms with Crippen LogP contribution in [-0.4, -0.2) is 11.3 Å². The van der Waals surface area contributed by atoms with E-state index in [0.717, 1.165) is 28.4 Å². The Morgan fingerprint density at radius 1 is 0.889 bits per heavy atom. The van der Waals surface area contributed by atoms with E-state index in [1.807, 2.05) is 54.6 Å². The molecule has 18 heavy (non-hydrogen) atoms. The first-order valence-electron chi connectivity index (χ1n) is 5.78. The number of rotatable bonds is 2. The summed E-state index contributed by atoms with van der Waals surface area (Å²) in [6, 6.07) is 19.5. The quantitative estimate of drug-likeness (QED) is 0.631. The van der Waals surface area contributed by atoms with E-state index in [2.05, 4.69) is 4.98 Å². The summed E-state index contributed by atoms with van der Waals surface area (Å²) in [5.74, 6) is 0. The fourth-order valence-corrected chi connectivity index (χ4v) is 2.00. The molecule has 2 nitrogen and oxygen atoms in total. The summed E-state index contributed by atoms with van der Waals surface area (Å²) >= 11 is 0. The van der Waals surface area contributed by atoms with Gasteiger partial charge in [-0.25, -0.2) is 4.98 Å². The summed E-state index contributed by atoms with van der Waals surface area (Å²) in [5.41, 5.74) is 3.48. The van der Waals surface area contributed by atoms with Crippen molar-refractivity contribution in [2.24, 2.45) is 0 Å². The maximum atomic E-state index is 10.8. The molecule has 0 bridgehead atoms. The number of pyridine rings is 1. The number of carbonyl (C=O) groups excluding carboxylic acids is 1. The second-order valence-corrected chi connectivity index (χ2v) is 4.13. The zero-order valence-electron chi connectivity index (χ0n) is 9.71. The number of hydrogen-bond acceptors (Lipinski definition) is 2. The van der Waals surface area contributed by atoms with Crippen LogP contribution in [0.15, 0.2) is 60.7 Å². The van der Waals surface area contributed by atoms with Crippen LogP contribution in [0.4, 0.5) is 0 Å². The highest BCUT2D eigenvalue weighted by Crippen LogP contribution is 2.21. The molecule has 1 aromatic heterocycles. The van der Waals surface area contributed by atoms with Crippen molar-refractivity contribution in [3.05, 3.63) is 66.2 Å². The monoisotopic (exact) mass is 233 g/mol. The first-order chi connectivity index (χ1) is 8.86. The highest BCUT2D eigenvalue weighted by molar-refractivity contribution is 5.83. The lowest BCUT2D eigenvalue weighted by Gasteiger charge is -2.03. The van der Waals surface area contributed by atoms with Gasteiger partial charge in [0.1, 0.15) is 6.29 Å². The van der Waals surface area contributed by atoms with E-state index in [0.29, 0.717) is 5.56 Å². The molecule has 3 rings (SSSR count).